The maximum atomic E-state index is 12.9. The Labute approximate surface area is 131 Å². The first kappa shape index (κ1) is 13.6. The number of hydrogen-bond donors (Lipinski definition) is 2. The van der Waals surface area contributed by atoms with E-state index in [0.717, 1.165) is 38.5 Å². The van der Waals surface area contributed by atoms with Gasteiger partial charge in [0.25, 0.3) is 0 Å². The molecule has 6 rings (SSSR count). The van der Waals surface area contributed by atoms with Crippen LogP contribution < -0.4 is 0 Å². The molecule has 22 heavy (non-hydrogen) atoms. The molecule has 0 aromatic carbocycles. The lowest BCUT2D eigenvalue weighted by Crippen LogP contribution is -2.63. The van der Waals surface area contributed by atoms with Crippen LogP contribution in [0.2, 0.25) is 0 Å². The van der Waals surface area contributed by atoms with E-state index in [0.29, 0.717) is 30.7 Å². The molecule has 0 aromatic rings. The summed E-state index contributed by atoms with van der Waals surface area (Å²) in [6.45, 7) is 2.70. The highest BCUT2D eigenvalue weighted by Gasteiger charge is 2.63. The van der Waals surface area contributed by atoms with E-state index in [1.807, 2.05) is 11.8 Å². The SMILES string of the molecule is C[C@@H]1N(C2C3CC4CC2CC(O)(C4)C3)C(=O)N2CCCC12O. The van der Waals surface area contributed by atoms with Crippen molar-refractivity contribution in [2.45, 2.75) is 75.3 Å². The van der Waals surface area contributed by atoms with Gasteiger partial charge >= 0.3 is 6.03 Å². The number of hydrogen-bond acceptors (Lipinski definition) is 3. The highest BCUT2D eigenvalue weighted by Crippen LogP contribution is 2.58. The molecule has 2 heterocycles. The first-order valence-electron chi connectivity index (χ1n) is 8.96. The zero-order valence-electron chi connectivity index (χ0n) is 13.2. The lowest BCUT2D eigenvalue weighted by Gasteiger charge is -2.60. The third-order valence-corrected chi connectivity index (χ3v) is 7.44. The van der Waals surface area contributed by atoms with Crippen LogP contribution in [0.4, 0.5) is 4.79 Å². The van der Waals surface area contributed by atoms with Gasteiger partial charge in [0.2, 0.25) is 0 Å². The molecule has 4 aliphatic carbocycles. The third kappa shape index (κ3) is 1.49. The number of fused-ring (bicyclic) bond motifs is 1. The fourth-order valence-corrected chi connectivity index (χ4v) is 6.84. The fraction of sp³-hybridized carbons (Fsp3) is 0.941. The second kappa shape index (κ2) is 3.99. The molecule has 2 aliphatic heterocycles. The molecule has 4 saturated carbocycles. The summed E-state index contributed by atoms with van der Waals surface area (Å²) < 4.78 is 0. The minimum atomic E-state index is -0.956. The van der Waals surface area contributed by atoms with E-state index in [2.05, 4.69) is 0 Å². The highest BCUT2D eigenvalue weighted by atomic mass is 16.3. The summed E-state index contributed by atoms with van der Waals surface area (Å²) in [4.78, 5) is 16.7. The molecular formula is C17H26N2O3. The first-order chi connectivity index (χ1) is 10.4. The van der Waals surface area contributed by atoms with Crippen molar-refractivity contribution in [2.24, 2.45) is 17.8 Å². The van der Waals surface area contributed by atoms with E-state index in [1.54, 1.807) is 4.90 Å². The van der Waals surface area contributed by atoms with Crippen LogP contribution in [0, 0.1) is 17.8 Å². The summed E-state index contributed by atoms with van der Waals surface area (Å²) in [5.74, 6) is 1.49. The molecule has 4 atom stereocenters. The summed E-state index contributed by atoms with van der Waals surface area (Å²) in [7, 11) is 0. The zero-order chi connectivity index (χ0) is 15.3. The van der Waals surface area contributed by atoms with E-state index >= 15 is 0 Å². The van der Waals surface area contributed by atoms with Gasteiger partial charge in [0.05, 0.1) is 11.6 Å². The predicted molar refractivity (Wildman–Crippen MR) is 79.9 cm³/mol. The summed E-state index contributed by atoms with van der Waals surface area (Å²) >= 11 is 0. The number of rotatable bonds is 1. The lowest BCUT2D eigenvalue weighted by molar-refractivity contribution is -0.160. The molecule has 0 aromatic heterocycles. The number of carbonyl (C=O) groups excluding carboxylic acids is 1. The smallest absolute Gasteiger partial charge is 0.323 e. The van der Waals surface area contributed by atoms with Crippen molar-refractivity contribution in [2.75, 3.05) is 6.54 Å². The molecule has 2 amide bonds. The molecule has 3 unspecified atom stereocenters. The summed E-state index contributed by atoms with van der Waals surface area (Å²) in [6.07, 6.45) is 6.56. The van der Waals surface area contributed by atoms with Gasteiger partial charge in [0.1, 0.15) is 0 Å². The van der Waals surface area contributed by atoms with Crippen LogP contribution in [0.5, 0.6) is 0 Å². The van der Waals surface area contributed by atoms with Crippen molar-refractivity contribution < 1.29 is 15.0 Å². The van der Waals surface area contributed by atoms with Crippen LogP contribution in [-0.2, 0) is 0 Å². The van der Waals surface area contributed by atoms with Crippen molar-refractivity contribution >= 4 is 6.03 Å². The van der Waals surface area contributed by atoms with Gasteiger partial charge in [-0.3, -0.25) is 4.90 Å². The predicted octanol–water partition coefficient (Wildman–Crippen LogP) is 1.53. The van der Waals surface area contributed by atoms with Gasteiger partial charge in [-0.05, 0) is 69.6 Å². The number of amides is 2. The van der Waals surface area contributed by atoms with Crippen molar-refractivity contribution in [3.63, 3.8) is 0 Å². The maximum absolute atomic E-state index is 12.9. The standard InChI is InChI=1S/C17H26N2O3/c1-10-17(22)3-2-4-18(17)15(20)19(10)14-12-5-11-6-13(14)9-16(21,7-11)8-12/h10-14,21-22H,2-9H2,1H3/t10-,11?,12?,13?,14?,16?,17?/m0/s1. The topological polar surface area (TPSA) is 64.0 Å². The quantitative estimate of drug-likeness (QED) is 0.772. The van der Waals surface area contributed by atoms with E-state index in [9.17, 15) is 15.0 Å². The molecule has 2 N–H and O–H groups in total. The number of aliphatic hydroxyl groups is 2. The monoisotopic (exact) mass is 306 g/mol. The Morgan fingerprint density at radius 2 is 1.82 bits per heavy atom. The fourth-order valence-electron chi connectivity index (χ4n) is 6.84. The Morgan fingerprint density at radius 3 is 2.41 bits per heavy atom. The molecule has 5 heteroatoms. The molecule has 2 saturated heterocycles. The summed E-state index contributed by atoms with van der Waals surface area (Å²) in [6, 6.07) is 0.144. The van der Waals surface area contributed by atoms with Crippen molar-refractivity contribution in [1.82, 2.24) is 9.80 Å². The van der Waals surface area contributed by atoms with Crippen LogP contribution in [0.3, 0.4) is 0 Å². The Balaban J connectivity index is 1.50. The largest absolute Gasteiger partial charge is 0.390 e. The van der Waals surface area contributed by atoms with Crippen LogP contribution >= 0.6 is 0 Å². The number of carbonyl (C=O) groups is 1. The molecule has 0 spiro atoms. The van der Waals surface area contributed by atoms with Gasteiger partial charge in [-0.15, -0.1) is 0 Å². The molecule has 122 valence electrons. The highest BCUT2D eigenvalue weighted by molar-refractivity contribution is 5.79. The van der Waals surface area contributed by atoms with Gasteiger partial charge in [0, 0.05) is 12.6 Å². The maximum Gasteiger partial charge on any atom is 0.323 e. The first-order valence-corrected chi connectivity index (χ1v) is 8.96. The summed E-state index contributed by atoms with van der Waals surface area (Å²) in [5.41, 5.74) is -1.42. The van der Waals surface area contributed by atoms with Crippen LogP contribution in [0.1, 0.15) is 51.9 Å². The average Bonchev–Trinajstić information content (AvgIpc) is 2.89. The second-order valence-electron chi connectivity index (χ2n) is 8.68. The Morgan fingerprint density at radius 1 is 1.14 bits per heavy atom. The average molecular weight is 306 g/mol. The second-order valence-corrected chi connectivity index (χ2v) is 8.68. The van der Waals surface area contributed by atoms with E-state index in [-0.39, 0.29) is 18.1 Å². The van der Waals surface area contributed by atoms with E-state index in [1.165, 1.54) is 0 Å². The molecule has 6 fully saturated rings. The normalized spacial score (nSPS) is 56.1. The van der Waals surface area contributed by atoms with Crippen molar-refractivity contribution in [3.05, 3.63) is 0 Å². The molecule has 6 aliphatic rings. The third-order valence-electron chi connectivity index (χ3n) is 7.44. The molecular weight excluding hydrogens is 280 g/mol. The summed E-state index contributed by atoms with van der Waals surface area (Å²) in [5, 5.41) is 21.7. The van der Waals surface area contributed by atoms with Gasteiger partial charge in [0.15, 0.2) is 5.72 Å². The Hall–Kier alpha value is -0.810. The Bertz CT molecular complexity index is 522. The number of urea groups is 1. The molecule has 5 nitrogen and oxygen atoms in total. The minimum Gasteiger partial charge on any atom is -0.390 e. The van der Waals surface area contributed by atoms with Gasteiger partial charge in [-0.1, -0.05) is 0 Å². The van der Waals surface area contributed by atoms with Crippen LogP contribution in [-0.4, -0.2) is 56.0 Å². The van der Waals surface area contributed by atoms with Crippen molar-refractivity contribution in [3.8, 4) is 0 Å². The number of nitrogens with zero attached hydrogens (tertiary/aromatic N) is 2. The molecule has 4 bridgehead atoms. The zero-order valence-corrected chi connectivity index (χ0v) is 13.2. The molecule has 0 radical (unpaired) electrons. The van der Waals surface area contributed by atoms with E-state index < -0.39 is 11.3 Å². The van der Waals surface area contributed by atoms with Gasteiger partial charge < -0.3 is 15.1 Å². The Kier molecular flexibility index (Phi) is 2.47. The van der Waals surface area contributed by atoms with Gasteiger partial charge in [-0.2, -0.15) is 0 Å². The minimum absolute atomic E-state index is 0.0389. The van der Waals surface area contributed by atoms with Gasteiger partial charge in [-0.25, -0.2) is 4.79 Å². The lowest BCUT2D eigenvalue weighted by atomic mass is 9.52. The van der Waals surface area contributed by atoms with E-state index in [4.69, 9.17) is 0 Å². The van der Waals surface area contributed by atoms with Crippen LogP contribution in [0.15, 0.2) is 0 Å². The van der Waals surface area contributed by atoms with Crippen LogP contribution in [0.25, 0.3) is 0 Å². The van der Waals surface area contributed by atoms with Crippen molar-refractivity contribution in [1.29, 1.82) is 0 Å².